The van der Waals surface area contributed by atoms with E-state index in [4.69, 9.17) is 0 Å². The first-order valence-corrected chi connectivity index (χ1v) is 7.35. The molecule has 0 atom stereocenters. The second-order valence-electron chi connectivity index (χ2n) is 5.71. The maximum atomic E-state index is 4.60. The number of aromatic nitrogens is 1. The minimum Gasteiger partial charge on any atom is -0.349 e. The molecule has 0 fully saturated rings. The van der Waals surface area contributed by atoms with E-state index in [0.717, 1.165) is 11.3 Å². The zero-order valence-electron chi connectivity index (χ0n) is 12.7. The van der Waals surface area contributed by atoms with Crippen LogP contribution in [0.15, 0.2) is 59.7 Å². The topological polar surface area (TPSA) is 17.3 Å². The van der Waals surface area contributed by atoms with Crippen molar-refractivity contribution in [2.75, 3.05) is 0 Å². The molecule has 0 spiro atoms. The van der Waals surface area contributed by atoms with E-state index >= 15 is 0 Å². The van der Waals surface area contributed by atoms with Crippen molar-refractivity contribution in [2.24, 2.45) is 4.99 Å². The number of fused-ring (bicyclic) bond motifs is 1. The molecule has 3 rings (SSSR count). The quantitative estimate of drug-likeness (QED) is 0.579. The highest BCUT2D eigenvalue weighted by molar-refractivity contribution is 5.87. The Labute approximate surface area is 125 Å². The van der Waals surface area contributed by atoms with E-state index in [2.05, 4.69) is 85.1 Å². The smallest absolute Gasteiger partial charge is 0.0636 e. The fraction of sp³-hybridized carbons (Fsp3) is 0.211. The van der Waals surface area contributed by atoms with Crippen LogP contribution in [0.1, 0.15) is 31.1 Å². The molecule has 0 amide bonds. The standard InChI is InChI=1S/C19H20N2/c1-14(2)21-13-16(10-15(21)3)12-20-19-9-8-17-6-4-5-7-18(17)11-19/h4-14H,1-3H3. The lowest BCUT2D eigenvalue weighted by molar-refractivity contribution is 0.589. The van der Waals surface area contributed by atoms with Gasteiger partial charge in [0.1, 0.15) is 0 Å². The molecule has 2 aromatic carbocycles. The first kappa shape index (κ1) is 13.6. The van der Waals surface area contributed by atoms with Crippen molar-refractivity contribution >= 4 is 22.7 Å². The van der Waals surface area contributed by atoms with Gasteiger partial charge in [-0.05, 0) is 49.7 Å². The molecule has 2 nitrogen and oxygen atoms in total. The number of hydrogen-bond acceptors (Lipinski definition) is 1. The Morgan fingerprint density at radius 1 is 1.00 bits per heavy atom. The van der Waals surface area contributed by atoms with Crippen LogP contribution in [0.3, 0.4) is 0 Å². The lowest BCUT2D eigenvalue weighted by Crippen LogP contribution is -2.00. The van der Waals surface area contributed by atoms with E-state index in [-0.39, 0.29) is 0 Å². The predicted octanol–water partition coefficient (Wildman–Crippen LogP) is 5.28. The average molecular weight is 276 g/mol. The van der Waals surface area contributed by atoms with Gasteiger partial charge in [0.25, 0.3) is 0 Å². The second kappa shape index (κ2) is 5.57. The number of nitrogens with zero attached hydrogens (tertiary/aromatic N) is 2. The van der Waals surface area contributed by atoms with Crippen molar-refractivity contribution in [3.63, 3.8) is 0 Å². The van der Waals surface area contributed by atoms with Crippen LogP contribution in [0.5, 0.6) is 0 Å². The van der Waals surface area contributed by atoms with Crippen molar-refractivity contribution in [1.82, 2.24) is 4.57 Å². The van der Waals surface area contributed by atoms with Crippen LogP contribution in [0, 0.1) is 6.92 Å². The highest BCUT2D eigenvalue weighted by Crippen LogP contribution is 2.21. The van der Waals surface area contributed by atoms with Gasteiger partial charge in [-0.1, -0.05) is 30.3 Å². The maximum Gasteiger partial charge on any atom is 0.0636 e. The van der Waals surface area contributed by atoms with Gasteiger partial charge in [-0.15, -0.1) is 0 Å². The van der Waals surface area contributed by atoms with Gasteiger partial charge in [0, 0.05) is 29.7 Å². The SMILES string of the molecule is Cc1cc(C=Nc2ccc3ccccc3c2)cn1C(C)C. The molecule has 0 saturated carbocycles. The molecule has 0 aliphatic rings. The molecular weight excluding hydrogens is 256 g/mol. The summed E-state index contributed by atoms with van der Waals surface area (Å²) in [7, 11) is 0. The molecule has 0 unspecified atom stereocenters. The highest BCUT2D eigenvalue weighted by Gasteiger charge is 2.03. The van der Waals surface area contributed by atoms with Gasteiger partial charge in [0.15, 0.2) is 0 Å². The third-order valence-electron chi connectivity index (χ3n) is 3.72. The summed E-state index contributed by atoms with van der Waals surface area (Å²) in [6.45, 7) is 6.52. The number of hydrogen-bond donors (Lipinski definition) is 0. The van der Waals surface area contributed by atoms with Crippen molar-refractivity contribution in [1.29, 1.82) is 0 Å². The van der Waals surface area contributed by atoms with E-state index in [1.807, 2.05) is 6.21 Å². The molecule has 106 valence electrons. The molecule has 2 heteroatoms. The molecule has 0 saturated heterocycles. The van der Waals surface area contributed by atoms with Gasteiger partial charge in [0.05, 0.1) is 5.69 Å². The van der Waals surface area contributed by atoms with Crippen molar-refractivity contribution in [3.8, 4) is 0 Å². The van der Waals surface area contributed by atoms with Crippen molar-refractivity contribution < 1.29 is 0 Å². The molecule has 0 aliphatic heterocycles. The zero-order chi connectivity index (χ0) is 14.8. The van der Waals surface area contributed by atoms with E-state index in [1.54, 1.807) is 0 Å². The maximum absolute atomic E-state index is 4.60. The first-order chi connectivity index (χ1) is 10.1. The lowest BCUT2D eigenvalue weighted by Gasteiger charge is -2.08. The van der Waals surface area contributed by atoms with Crippen LogP contribution in [0.4, 0.5) is 5.69 Å². The summed E-state index contributed by atoms with van der Waals surface area (Å²) in [5.74, 6) is 0. The molecule has 1 aromatic heterocycles. The van der Waals surface area contributed by atoms with Crippen LogP contribution in [-0.2, 0) is 0 Å². The van der Waals surface area contributed by atoms with Crippen molar-refractivity contribution in [2.45, 2.75) is 26.8 Å². The van der Waals surface area contributed by atoms with Crippen molar-refractivity contribution in [3.05, 3.63) is 66.0 Å². The summed E-state index contributed by atoms with van der Waals surface area (Å²) in [5, 5.41) is 2.47. The molecule has 0 bridgehead atoms. The molecular formula is C19H20N2. The minimum atomic E-state index is 0.479. The van der Waals surface area contributed by atoms with Crippen LogP contribution in [0.25, 0.3) is 10.8 Å². The largest absolute Gasteiger partial charge is 0.349 e. The normalized spacial score (nSPS) is 11.8. The third kappa shape index (κ3) is 2.89. The fourth-order valence-corrected chi connectivity index (χ4v) is 2.65. The summed E-state index contributed by atoms with van der Waals surface area (Å²) in [6.07, 6.45) is 4.10. The van der Waals surface area contributed by atoms with E-state index in [0.29, 0.717) is 6.04 Å². The Hall–Kier alpha value is -2.35. The van der Waals surface area contributed by atoms with Crippen LogP contribution in [0.2, 0.25) is 0 Å². The number of aliphatic imine (C=N–C) groups is 1. The third-order valence-corrected chi connectivity index (χ3v) is 3.72. The Morgan fingerprint density at radius 2 is 1.76 bits per heavy atom. The van der Waals surface area contributed by atoms with Crippen LogP contribution in [-0.4, -0.2) is 10.8 Å². The van der Waals surface area contributed by atoms with E-state index < -0.39 is 0 Å². The summed E-state index contributed by atoms with van der Waals surface area (Å²) in [6, 6.07) is 17.3. The molecule has 3 aromatic rings. The summed E-state index contributed by atoms with van der Waals surface area (Å²) < 4.78 is 2.27. The lowest BCUT2D eigenvalue weighted by atomic mass is 10.1. The Kier molecular flexibility index (Phi) is 3.61. The van der Waals surface area contributed by atoms with Gasteiger partial charge < -0.3 is 4.57 Å². The zero-order valence-corrected chi connectivity index (χ0v) is 12.7. The monoisotopic (exact) mass is 276 g/mol. The molecule has 1 heterocycles. The summed E-state index contributed by atoms with van der Waals surface area (Å²) >= 11 is 0. The molecule has 0 aliphatic carbocycles. The van der Waals surface area contributed by atoms with Gasteiger partial charge in [-0.25, -0.2) is 0 Å². The molecule has 21 heavy (non-hydrogen) atoms. The Bertz CT molecular complexity index is 794. The molecule has 0 radical (unpaired) electrons. The molecule has 0 N–H and O–H groups in total. The van der Waals surface area contributed by atoms with Gasteiger partial charge >= 0.3 is 0 Å². The minimum absolute atomic E-state index is 0.479. The van der Waals surface area contributed by atoms with Crippen LogP contribution < -0.4 is 0 Å². The summed E-state index contributed by atoms with van der Waals surface area (Å²) in [5.41, 5.74) is 3.41. The average Bonchev–Trinajstić information content (AvgIpc) is 2.86. The first-order valence-electron chi connectivity index (χ1n) is 7.35. The second-order valence-corrected chi connectivity index (χ2v) is 5.71. The highest BCUT2D eigenvalue weighted by atomic mass is 15.0. The van der Waals surface area contributed by atoms with E-state index in [1.165, 1.54) is 16.5 Å². The van der Waals surface area contributed by atoms with Gasteiger partial charge in [0.2, 0.25) is 0 Å². The Balaban J connectivity index is 1.88. The van der Waals surface area contributed by atoms with Gasteiger partial charge in [-0.3, -0.25) is 4.99 Å². The number of benzene rings is 2. The van der Waals surface area contributed by atoms with Crippen LogP contribution >= 0.6 is 0 Å². The van der Waals surface area contributed by atoms with E-state index in [9.17, 15) is 0 Å². The fourth-order valence-electron chi connectivity index (χ4n) is 2.65. The predicted molar refractivity (Wildman–Crippen MR) is 90.8 cm³/mol. The summed E-state index contributed by atoms with van der Waals surface area (Å²) in [4.78, 5) is 4.60. The number of aryl methyl sites for hydroxylation is 1. The van der Waals surface area contributed by atoms with Gasteiger partial charge in [-0.2, -0.15) is 0 Å². The number of rotatable bonds is 3. The Morgan fingerprint density at radius 3 is 2.48 bits per heavy atom.